The Bertz CT molecular complexity index is 518. The van der Waals surface area contributed by atoms with E-state index in [9.17, 15) is 0 Å². The van der Waals surface area contributed by atoms with Crippen LogP contribution >= 0.6 is 0 Å². The van der Waals surface area contributed by atoms with E-state index < -0.39 is 13.3 Å². The summed E-state index contributed by atoms with van der Waals surface area (Å²) in [6.45, 7) is 18.8. The third kappa shape index (κ3) is 2.25. The van der Waals surface area contributed by atoms with Crippen molar-refractivity contribution in [2.45, 2.75) is 76.4 Å². The van der Waals surface area contributed by atoms with Crippen molar-refractivity contribution in [3.8, 4) is 0 Å². The Kier molecular flexibility index (Phi) is 4.25. The zero-order chi connectivity index (χ0) is 16.3. The standard InChI is InChI=1S/C20H32Ge/c1-11-12(2)16(6)19(15(11)5)21(9,10)20-17(7)13(3)14(4)18(20)8/h19-20H,1-10H3. The van der Waals surface area contributed by atoms with Crippen LogP contribution in [-0.2, 0) is 0 Å². The fraction of sp³-hybridized carbons (Fsp3) is 0.600. The molecule has 116 valence electrons. The molecule has 0 aromatic carbocycles. The summed E-state index contributed by atoms with van der Waals surface area (Å²) in [5.74, 6) is 5.32. The summed E-state index contributed by atoms with van der Waals surface area (Å²) in [5.41, 5.74) is 12.9. The van der Waals surface area contributed by atoms with Crippen LogP contribution in [0, 0.1) is 0 Å². The maximum absolute atomic E-state index is 2.66. The first kappa shape index (κ1) is 16.9. The van der Waals surface area contributed by atoms with Crippen molar-refractivity contribution < 1.29 is 0 Å². The minimum absolute atomic E-state index is 0.763. The third-order valence-electron chi connectivity index (χ3n) is 6.71. The van der Waals surface area contributed by atoms with Crippen molar-refractivity contribution in [3.05, 3.63) is 44.6 Å². The number of hydrogen-bond acceptors (Lipinski definition) is 0. The van der Waals surface area contributed by atoms with Gasteiger partial charge in [-0.25, -0.2) is 0 Å². The Morgan fingerprint density at radius 2 is 0.667 bits per heavy atom. The van der Waals surface area contributed by atoms with Gasteiger partial charge in [0.05, 0.1) is 0 Å². The van der Waals surface area contributed by atoms with Crippen LogP contribution in [0.25, 0.3) is 0 Å². The molecule has 0 heterocycles. The summed E-state index contributed by atoms with van der Waals surface area (Å²) in [6, 6.07) is 0. The van der Waals surface area contributed by atoms with E-state index in [1.807, 2.05) is 0 Å². The number of allylic oxidation sites excluding steroid dienone is 8. The zero-order valence-electron chi connectivity index (χ0n) is 15.7. The van der Waals surface area contributed by atoms with E-state index in [1.54, 1.807) is 44.6 Å². The summed E-state index contributed by atoms with van der Waals surface area (Å²) in [4.78, 5) is 0. The fourth-order valence-corrected chi connectivity index (χ4v) is 17.0. The van der Waals surface area contributed by atoms with Gasteiger partial charge in [-0.05, 0) is 0 Å². The average molecular weight is 345 g/mol. The molecule has 0 amide bonds. The number of rotatable bonds is 2. The van der Waals surface area contributed by atoms with Crippen LogP contribution in [0.5, 0.6) is 0 Å². The van der Waals surface area contributed by atoms with E-state index >= 15 is 0 Å². The van der Waals surface area contributed by atoms with Crippen LogP contribution in [0.4, 0.5) is 0 Å². The molecule has 21 heavy (non-hydrogen) atoms. The van der Waals surface area contributed by atoms with Gasteiger partial charge in [-0.3, -0.25) is 0 Å². The summed E-state index contributed by atoms with van der Waals surface area (Å²) in [7, 11) is 0. The molecule has 0 aliphatic heterocycles. The molecule has 0 saturated heterocycles. The van der Waals surface area contributed by atoms with Gasteiger partial charge in [-0.15, -0.1) is 0 Å². The molecule has 2 rings (SSSR count). The Morgan fingerprint density at radius 3 is 0.857 bits per heavy atom. The van der Waals surface area contributed by atoms with E-state index in [4.69, 9.17) is 0 Å². The first-order valence-electron chi connectivity index (χ1n) is 8.23. The monoisotopic (exact) mass is 346 g/mol. The molecule has 0 atom stereocenters. The molecule has 0 nitrogen and oxygen atoms in total. The van der Waals surface area contributed by atoms with Crippen molar-refractivity contribution in [2.75, 3.05) is 0 Å². The van der Waals surface area contributed by atoms with Crippen LogP contribution in [0.15, 0.2) is 44.6 Å². The first-order valence-corrected chi connectivity index (χ1v) is 14.9. The second-order valence-corrected chi connectivity index (χ2v) is 18.0. The van der Waals surface area contributed by atoms with Gasteiger partial charge < -0.3 is 0 Å². The van der Waals surface area contributed by atoms with Gasteiger partial charge in [0.15, 0.2) is 0 Å². The molecular weight excluding hydrogens is 313 g/mol. The second-order valence-electron chi connectivity index (χ2n) is 7.92. The minimum atomic E-state index is -2.09. The summed E-state index contributed by atoms with van der Waals surface area (Å²) < 4.78 is 1.53. The van der Waals surface area contributed by atoms with E-state index in [2.05, 4.69) is 66.9 Å². The Morgan fingerprint density at radius 1 is 0.476 bits per heavy atom. The number of hydrogen-bond donors (Lipinski definition) is 0. The third-order valence-corrected chi connectivity index (χ3v) is 16.6. The van der Waals surface area contributed by atoms with Crippen molar-refractivity contribution in [1.29, 1.82) is 0 Å². The Hall–Kier alpha value is -0.497. The van der Waals surface area contributed by atoms with Crippen LogP contribution in [0.1, 0.15) is 55.4 Å². The quantitative estimate of drug-likeness (QED) is 0.482. The molecule has 0 saturated carbocycles. The van der Waals surface area contributed by atoms with Crippen LogP contribution in [0.2, 0.25) is 21.0 Å². The maximum atomic E-state index is 2.66. The van der Waals surface area contributed by atoms with Crippen molar-refractivity contribution in [1.82, 2.24) is 0 Å². The summed E-state index contributed by atoms with van der Waals surface area (Å²) >= 11 is -2.09. The van der Waals surface area contributed by atoms with Gasteiger partial charge in [-0.2, -0.15) is 0 Å². The normalized spacial score (nSPS) is 22.6. The van der Waals surface area contributed by atoms with Gasteiger partial charge in [0, 0.05) is 0 Å². The molecule has 0 bridgehead atoms. The molecule has 0 N–H and O–H groups in total. The predicted octanol–water partition coefficient (Wildman–Crippen LogP) is 6.81. The summed E-state index contributed by atoms with van der Waals surface area (Å²) in [5, 5.41) is 0. The molecule has 0 spiro atoms. The van der Waals surface area contributed by atoms with Crippen molar-refractivity contribution in [2.24, 2.45) is 0 Å². The molecule has 0 aromatic heterocycles. The summed E-state index contributed by atoms with van der Waals surface area (Å²) in [6.07, 6.45) is 0. The first-order chi connectivity index (χ1) is 9.53. The Balaban J connectivity index is 2.56. The fourth-order valence-electron chi connectivity index (χ4n) is 5.10. The van der Waals surface area contributed by atoms with Gasteiger partial charge >= 0.3 is 134 Å². The van der Waals surface area contributed by atoms with Gasteiger partial charge in [0.1, 0.15) is 0 Å². The zero-order valence-corrected chi connectivity index (χ0v) is 17.8. The molecular formula is C20H32Ge. The van der Waals surface area contributed by atoms with Crippen molar-refractivity contribution >= 4 is 13.3 Å². The van der Waals surface area contributed by atoms with Crippen molar-refractivity contribution in [3.63, 3.8) is 0 Å². The topological polar surface area (TPSA) is 0 Å². The van der Waals surface area contributed by atoms with Gasteiger partial charge in [-0.1, -0.05) is 0 Å². The van der Waals surface area contributed by atoms with Crippen LogP contribution in [0.3, 0.4) is 0 Å². The van der Waals surface area contributed by atoms with Gasteiger partial charge in [0.25, 0.3) is 0 Å². The molecule has 2 aliphatic rings. The second kappa shape index (κ2) is 5.30. The molecule has 0 radical (unpaired) electrons. The van der Waals surface area contributed by atoms with E-state index in [1.165, 1.54) is 0 Å². The average Bonchev–Trinajstić information content (AvgIpc) is 2.72. The molecule has 0 aromatic rings. The van der Waals surface area contributed by atoms with Crippen LogP contribution < -0.4 is 0 Å². The molecule has 1 heteroatoms. The Labute approximate surface area is 134 Å². The molecule has 2 aliphatic carbocycles. The predicted molar refractivity (Wildman–Crippen MR) is 98.5 cm³/mol. The van der Waals surface area contributed by atoms with Crippen LogP contribution in [-0.4, -0.2) is 13.3 Å². The van der Waals surface area contributed by atoms with E-state index in [-0.39, 0.29) is 0 Å². The molecule has 0 unspecified atom stereocenters. The van der Waals surface area contributed by atoms with E-state index in [0.29, 0.717) is 0 Å². The SMILES string of the molecule is CC1=C(C)[CH]([Ge]([CH3])([CH3])[CH]2C(C)=C(C)C(C)=C2C)C(C)=C1C. The van der Waals surface area contributed by atoms with E-state index in [0.717, 1.165) is 9.50 Å². The van der Waals surface area contributed by atoms with Gasteiger partial charge in [0.2, 0.25) is 0 Å². The molecule has 0 fully saturated rings.